The number of aromatic amines is 1. The van der Waals surface area contributed by atoms with Crippen molar-refractivity contribution >= 4 is 22.7 Å². The van der Waals surface area contributed by atoms with Crippen molar-refractivity contribution < 1.29 is 0 Å². The summed E-state index contributed by atoms with van der Waals surface area (Å²) >= 11 is 0. The molecule has 37 heavy (non-hydrogen) atoms. The van der Waals surface area contributed by atoms with Crippen LogP contribution in [0.4, 0.5) is 5.95 Å². The second kappa shape index (κ2) is 10.5. The lowest BCUT2D eigenvalue weighted by Gasteiger charge is -2.11. The molecule has 5 rings (SSSR count). The highest BCUT2D eigenvalue weighted by molar-refractivity contribution is 6.11. The van der Waals surface area contributed by atoms with E-state index in [1.54, 1.807) is 31.0 Å². The Morgan fingerprint density at radius 1 is 1.03 bits per heavy atom. The molecule has 0 aliphatic carbocycles. The van der Waals surface area contributed by atoms with Gasteiger partial charge in [-0.3, -0.25) is 15.4 Å². The largest absolute Gasteiger partial charge is 0.335 e. The molecule has 4 aromatic heterocycles. The van der Waals surface area contributed by atoms with Gasteiger partial charge in [0.15, 0.2) is 5.82 Å². The van der Waals surface area contributed by atoms with Crippen LogP contribution in [-0.4, -0.2) is 35.6 Å². The molecular weight excluding hydrogens is 460 g/mol. The van der Waals surface area contributed by atoms with Crippen molar-refractivity contribution in [1.82, 2.24) is 29.9 Å². The summed E-state index contributed by atoms with van der Waals surface area (Å²) in [5.41, 5.74) is 7.92. The number of allylic oxidation sites excluding steroid dienone is 1. The van der Waals surface area contributed by atoms with Crippen LogP contribution in [0.15, 0.2) is 79.7 Å². The van der Waals surface area contributed by atoms with Crippen molar-refractivity contribution in [3.05, 3.63) is 96.6 Å². The third kappa shape index (κ3) is 5.13. The summed E-state index contributed by atoms with van der Waals surface area (Å²) in [6.07, 6.45) is 11.8. The minimum absolute atomic E-state index is 0.299. The fourth-order valence-electron chi connectivity index (χ4n) is 4.15. The molecule has 0 unspecified atom stereocenters. The van der Waals surface area contributed by atoms with Crippen molar-refractivity contribution in [2.24, 2.45) is 0 Å². The monoisotopic (exact) mass is 488 g/mol. The molecule has 0 aliphatic rings. The Morgan fingerprint density at radius 3 is 2.73 bits per heavy atom. The molecule has 184 valence electrons. The van der Waals surface area contributed by atoms with Gasteiger partial charge in [-0.05, 0) is 43.5 Å². The zero-order chi connectivity index (χ0) is 25.8. The number of benzene rings is 1. The van der Waals surface area contributed by atoms with E-state index in [-0.39, 0.29) is 0 Å². The molecule has 0 fully saturated rings. The minimum atomic E-state index is 0.299. The van der Waals surface area contributed by atoms with E-state index in [1.807, 2.05) is 43.3 Å². The summed E-state index contributed by atoms with van der Waals surface area (Å²) in [5, 5.41) is 12.2. The van der Waals surface area contributed by atoms with Crippen LogP contribution < -0.4 is 5.32 Å². The molecule has 0 aliphatic heterocycles. The number of rotatable bonds is 9. The maximum atomic E-state index is 8.99. The SMILES string of the molecule is C=C(CCCC)Nc1nccc(-c2ccc(C)c(C(=N)c3nc4c(-c5cccnc5)cncc4[nH]3)c2)n1. The second-order valence-corrected chi connectivity index (χ2v) is 8.91. The van der Waals surface area contributed by atoms with Crippen molar-refractivity contribution in [3.8, 4) is 22.4 Å². The molecule has 3 N–H and O–H groups in total. The average Bonchev–Trinajstić information content (AvgIpc) is 3.37. The molecule has 8 heteroatoms. The summed E-state index contributed by atoms with van der Waals surface area (Å²) in [5.74, 6) is 0.995. The lowest BCUT2D eigenvalue weighted by Crippen LogP contribution is -2.07. The third-order valence-electron chi connectivity index (χ3n) is 6.18. The van der Waals surface area contributed by atoms with Crippen LogP contribution in [0.2, 0.25) is 0 Å². The van der Waals surface area contributed by atoms with E-state index in [1.165, 1.54) is 0 Å². The standard InChI is InChI=1S/C29H28N8/c1-4-5-7-19(3)34-29-33-13-11-24(36-29)20-10-9-18(2)22(14-20)26(30)28-35-25-17-32-16-23(27(25)37-28)21-8-6-12-31-15-21/h6,8-17,30H,3-5,7H2,1-2H3,(H,35,37)(H,33,34,36). The highest BCUT2D eigenvalue weighted by Crippen LogP contribution is 2.27. The molecule has 0 spiro atoms. The van der Waals surface area contributed by atoms with E-state index in [2.05, 4.69) is 43.7 Å². The van der Waals surface area contributed by atoms with E-state index in [0.29, 0.717) is 17.5 Å². The third-order valence-corrected chi connectivity index (χ3v) is 6.18. The number of H-pyrrole nitrogens is 1. The summed E-state index contributed by atoms with van der Waals surface area (Å²) in [4.78, 5) is 25.7. The van der Waals surface area contributed by atoms with E-state index in [9.17, 15) is 0 Å². The van der Waals surface area contributed by atoms with Gasteiger partial charge in [-0.1, -0.05) is 38.1 Å². The predicted molar refractivity (Wildman–Crippen MR) is 148 cm³/mol. The van der Waals surface area contributed by atoms with Gasteiger partial charge in [0.25, 0.3) is 0 Å². The molecular formula is C29H28N8. The van der Waals surface area contributed by atoms with E-state index in [4.69, 9.17) is 10.4 Å². The van der Waals surface area contributed by atoms with Gasteiger partial charge in [-0.25, -0.2) is 15.0 Å². The van der Waals surface area contributed by atoms with Gasteiger partial charge in [0, 0.05) is 52.7 Å². The quantitative estimate of drug-likeness (QED) is 0.209. The Balaban J connectivity index is 1.46. The highest BCUT2D eigenvalue weighted by Gasteiger charge is 2.17. The van der Waals surface area contributed by atoms with Crippen molar-refractivity contribution in [1.29, 1.82) is 5.41 Å². The van der Waals surface area contributed by atoms with Gasteiger partial charge in [0.1, 0.15) is 11.2 Å². The summed E-state index contributed by atoms with van der Waals surface area (Å²) in [7, 11) is 0. The van der Waals surface area contributed by atoms with E-state index >= 15 is 0 Å². The number of fused-ring (bicyclic) bond motifs is 1. The Hall–Kier alpha value is -4.72. The Bertz CT molecular complexity index is 1590. The van der Waals surface area contributed by atoms with Gasteiger partial charge in [0.2, 0.25) is 5.95 Å². The fourth-order valence-corrected chi connectivity index (χ4v) is 4.15. The van der Waals surface area contributed by atoms with Gasteiger partial charge in [-0.2, -0.15) is 0 Å². The molecule has 0 amide bonds. The van der Waals surface area contributed by atoms with Crippen LogP contribution in [0.5, 0.6) is 0 Å². The van der Waals surface area contributed by atoms with Gasteiger partial charge < -0.3 is 10.3 Å². The number of hydrogen-bond donors (Lipinski definition) is 3. The van der Waals surface area contributed by atoms with Crippen molar-refractivity contribution in [2.45, 2.75) is 33.1 Å². The molecule has 0 bridgehead atoms. The van der Waals surface area contributed by atoms with Crippen LogP contribution in [0, 0.1) is 12.3 Å². The lowest BCUT2D eigenvalue weighted by molar-refractivity contribution is 0.789. The number of anilines is 1. The summed E-state index contributed by atoms with van der Waals surface area (Å²) in [6, 6.07) is 11.7. The van der Waals surface area contributed by atoms with Gasteiger partial charge in [0.05, 0.1) is 17.4 Å². The molecule has 5 aromatic rings. The zero-order valence-corrected chi connectivity index (χ0v) is 20.9. The van der Waals surface area contributed by atoms with Gasteiger partial charge in [-0.15, -0.1) is 0 Å². The van der Waals surface area contributed by atoms with Crippen LogP contribution >= 0.6 is 0 Å². The number of unbranched alkanes of at least 4 members (excludes halogenated alkanes) is 1. The number of pyridine rings is 2. The lowest BCUT2D eigenvalue weighted by atomic mass is 9.99. The molecule has 8 nitrogen and oxygen atoms in total. The van der Waals surface area contributed by atoms with E-state index in [0.717, 1.165) is 69.5 Å². The van der Waals surface area contributed by atoms with Gasteiger partial charge >= 0.3 is 0 Å². The Labute approximate surface area is 215 Å². The first-order valence-corrected chi connectivity index (χ1v) is 12.3. The predicted octanol–water partition coefficient (Wildman–Crippen LogP) is 6.32. The van der Waals surface area contributed by atoms with Crippen molar-refractivity contribution in [3.63, 3.8) is 0 Å². The topological polar surface area (TPSA) is 116 Å². The number of nitrogens with one attached hydrogen (secondary N) is 3. The number of imidazole rings is 1. The normalized spacial score (nSPS) is 11.0. The molecule has 4 heterocycles. The van der Waals surface area contributed by atoms with Crippen molar-refractivity contribution in [2.75, 3.05) is 5.32 Å². The van der Waals surface area contributed by atoms with Crippen LogP contribution in [0.25, 0.3) is 33.4 Å². The zero-order valence-electron chi connectivity index (χ0n) is 20.9. The molecule has 1 aromatic carbocycles. The number of nitrogens with zero attached hydrogens (tertiary/aromatic N) is 5. The molecule has 0 atom stereocenters. The van der Waals surface area contributed by atoms with Crippen LogP contribution in [0.3, 0.4) is 0 Å². The first kappa shape index (κ1) is 24.0. The fraction of sp³-hybridized carbons (Fsp3) is 0.172. The number of aromatic nitrogens is 6. The van der Waals surface area contributed by atoms with Crippen LogP contribution in [0.1, 0.15) is 43.1 Å². The van der Waals surface area contributed by atoms with E-state index < -0.39 is 0 Å². The summed E-state index contributed by atoms with van der Waals surface area (Å²) < 4.78 is 0. The summed E-state index contributed by atoms with van der Waals surface area (Å²) in [6.45, 7) is 8.22. The smallest absolute Gasteiger partial charge is 0.227 e. The van der Waals surface area contributed by atoms with Crippen LogP contribution in [-0.2, 0) is 0 Å². The Kier molecular flexibility index (Phi) is 6.81. The Morgan fingerprint density at radius 2 is 1.92 bits per heavy atom. The second-order valence-electron chi connectivity index (χ2n) is 8.91. The average molecular weight is 489 g/mol. The first-order valence-electron chi connectivity index (χ1n) is 12.3. The molecule has 0 saturated carbocycles. The molecule has 0 radical (unpaired) electrons. The number of hydrogen-bond acceptors (Lipinski definition) is 7. The first-order chi connectivity index (χ1) is 18.0. The maximum absolute atomic E-state index is 8.99. The molecule has 0 saturated heterocycles. The highest BCUT2D eigenvalue weighted by atomic mass is 15.1. The maximum Gasteiger partial charge on any atom is 0.227 e. The minimum Gasteiger partial charge on any atom is -0.335 e. The number of aryl methyl sites for hydroxylation is 1.